The number of rotatable bonds is 5. The fourth-order valence-electron chi connectivity index (χ4n) is 3.77. The van der Waals surface area contributed by atoms with E-state index in [1.165, 1.54) is 5.56 Å². The summed E-state index contributed by atoms with van der Waals surface area (Å²) < 4.78 is 12.8. The molecule has 0 unspecified atom stereocenters. The molecule has 3 heterocycles. The minimum atomic E-state index is -2.46. The lowest BCUT2D eigenvalue weighted by atomic mass is 10.0. The van der Waals surface area contributed by atoms with E-state index in [2.05, 4.69) is 31.7 Å². The van der Waals surface area contributed by atoms with Gasteiger partial charge in [0.2, 0.25) is 5.95 Å². The normalized spacial score (nSPS) is 13.2. The molecule has 0 bridgehead atoms. The van der Waals surface area contributed by atoms with Crippen LogP contribution >= 0.6 is 7.14 Å². The van der Waals surface area contributed by atoms with Crippen molar-refractivity contribution in [1.82, 2.24) is 15.0 Å². The number of hydrogen-bond acceptors (Lipinski definition) is 6. The summed E-state index contributed by atoms with van der Waals surface area (Å²) in [6.45, 7) is 3.54. The van der Waals surface area contributed by atoms with Gasteiger partial charge in [-0.2, -0.15) is 9.97 Å². The first-order chi connectivity index (χ1) is 15.0. The molecule has 1 aliphatic heterocycles. The maximum atomic E-state index is 12.8. The van der Waals surface area contributed by atoms with Crippen molar-refractivity contribution in [2.45, 2.75) is 12.8 Å². The van der Waals surface area contributed by atoms with Crippen molar-refractivity contribution in [1.29, 1.82) is 0 Å². The van der Waals surface area contributed by atoms with Gasteiger partial charge in [-0.3, -0.25) is 4.99 Å². The molecule has 0 radical (unpaired) electrons. The van der Waals surface area contributed by atoms with Crippen molar-refractivity contribution in [3.8, 4) is 0 Å². The maximum Gasteiger partial charge on any atom is 0.231 e. The van der Waals surface area contributed by atoms with Crippen LogP contribution in [-0.4, -0.2) is 34.5 Å². The van der Waals surface area contributed by atoms with Crippen LogP contribution in [0.3, 0.4) is 0 Å². The number of anilines is 4. The summed E-state index contributed by atoms with van der Waals surface area (Å²) in [5.74, 6) is 1.13. The number of aryl methyl sites for hydroxylation is 1. The van der Waals surface area contributed by atoms with Gasteiger partial charge < -0.3 is 20.2 Å². The molecule has 2 aromatic carbocycles. The molecule has 0 aliphatic carbocycles. The summed E-state index contributed by atoms with van der Waals surface area (Å²) in [4.78, 5) is 16.9. The van der Waals surface area contributed by atoms with E-state index in [0.717, 1.165) is 46.2 Å². The zero-order chi connectivity index (χ0) is 21.4. The summed E-state index contributed by atoms with van der Waals surface area (Å²) >= 11 is 0. The minimum Gasteiger partial charge on any atom is -0.346 e. The van der Waals surface area contributed by atoms with Crippen LogP contribution in [0.15, 0.2) is 59.7 Å². The summed E-state index contributed by atoms with van der Waals surface area (Å²) in [5.41, 5.74) is 4.65. The highest BCUT2D eigenvalue weighted by molar-refractivity contribution is 7.70. The Bertz CT molecular complexity index is 1350. The molecule has 31 heavy (non-hydrogen) atoms. The number of fused-ring (bicyclic) bond motifs is 2. The van der Waals surface area contributed by atoms with Gasteiger partial charge in [-0.25, -0.2) is 0 Å². The molecule has 0 saturated carbocycles. The highest BCUT2D eigenvalue weighted by Gasteiger charge is 2.17. The number of H-pyrrole nitrogens is 1. The van der Waals surface area contributed by atoms with Crippen molar-refractivity contribution >= 4 is 58.5 Å². The molecule has 2 aromatic heterocycles. The second-order valence-electron chi connectivity index (χ2n) is 7.95. The molecule has 5 rings (SSSR count). The van der Waals surface area contributed by atoms with Gasteiger partial charge in [0.25, 0.3) is 0 Å². The van der Waals surface area contributed by atoms with E-state index in [4.69, 9.17) is 4.98 Å². The third-order valence-electron chi connectivity index (χ3n) is 5.26. The van der Waals surface area contributed by atoms with Crippen molar-refractivity contribution in [3.63, 3.8) is 0 Å². The van der Waals surface area contributed by atoms with E-state index >= 15 is 0 Å². The van der Waals surface area contributed by atoms with E-state index in [9.17, 15) is 4.57 Å². The molecule has 0 atom stereocenters. The SMILES string of the molecule is CP(C)(=O)c1ccccc1Nc1nc(Nc2ccc3c(c2)CCC=N3)nc2[nH]ccc12. The lowest BCUT2D eigenvalue weighted by molar-refractivity contribution is 0.588. The van der Waals surface area contributed by atoms with Gasteiger partial charge in [0.1, 0.15) is 18.6 Å². The fraction of sp³-hybridized carbons (Fsp3) is 0.174. The molecular weight excluding hydrogens is 407 g/mol. The van der Waals surface area contributed by atoms with Crippen LogP contribution in [0.5, 0.6) is 0 Å². The van der Waals surface area contributed by atoms with Gasteiger partial charge in [0.15, 0.2) is 0 Å². The van der Waals surface area contributed by atoms with Crippen molar-refractivity contribution in [2.24, 2.45) is 4.99 Å². The van der Waals surface area contributed by atoms with Crippen LogP contribution in [-0.2, 0) is 11.0 Å². The number of aromatic nitrogens is 3. The van der Waals surface area contributed by atoms with Gasteiger partial charge in [0.05, 0.1) is 16.8 Å². The van der Waals surface area contributed by atoms with Crippen molar-refractivity contribution in [2.75, 3.05) is 24.0 Å². The highest BCUT2D eigenvalue weighted by atomic mass is 31.2. The fourth-order valence-corrected chi connectivity index (χ4v) is 4.93. The van der Waals surface area contributed by atoms with Crippen LogP contribution in [0.4, 0.5) is 28.8 Å². The maximum absolute atomic E-state index is 12.8. The summed E-state index contributed by atoms with van der Waals surface area (Å²) in [6.07, 6.45) is 5.72. The monoisotopic (exact) mass is 430 g/mol. The first-order valence-corrected chi connectivity index (χ1v) is 12.8. The largest absolute Gasteiger partial charge is 0.346 e. The zero-order valence-electron chi connectivity index (χ0n) is 17.4. The molecular formula is C23H23N6OP. The van der Waals surface area contributed by atoms with E-state index in [0.29, 0.717) is 11.8 Å². The van der Waals surface area contributed by atoms with Gasteiger partial charge in [-0.1, -0.05) is 12.1 Å². The Morgan fingerprint density at radius 2 is 1.90 bits per heavy atom. The Hall–Kier alpha value is -3.44. The predicted octanol–water partition coefficient (Wildman–Crippen LogP) is 5.34. The number of aromatic amines is 1. The first kappa shape index (κ1) is 19.5. The molecule has 156 valence electrons. The smallest absolute Gasteiger partial charge is 0.231 e. The van der Waals surface area contributed by atoms with Crippen molar-refractivity contribution < 1.29 is 4.57 Å². The zero-order valence-corrected chi connectivity index (χ0v) is 18.3. The quantitative estimate of drug-likeness (QED) is 0.372. The van der Waals surface area contributed by atoms with Gasteiger partial charge in [-0.15, -0.1) is 0 Å². The van der Waals surface area contributed by atoms with Crippen LogP contribution in [0.25, 0.3) is 11.0 Å². The molecule has 3 N–H and O–H groups in total. The van der Waals surface area contributed by atoms with Crippen LogP contribution in [0.2, 0.25) is 0 Å². The van der Waals surface area contributed by atoms with E-state index < -0.39 is 7.14 Å². The topological polar surface area (TPSA) is 95.1 Å². The average Bonchev–Trinajstić information content (AvgIpc) is 3.22. The molecule has 4 aromatic rings. The predicted molar refractivity (Wildman–Crippen MR) is 129 cm³/mol. The molecule has 0 fully saturated rings. The molecule has 1 aliphatic rings. The number of aliphatic imine (C=N–C) groups is 1. The van der Waals surface area contributed by atoms with Gasteiger partial charge in [-0.05, 0) is 68.1 Å². The third-order valence-corrected chi connectivity index (χ3v) is 6.81. The Morgan fingerprint density at radius 1 is 1.03 bits per heavy atom. The molecule has 0 amide bonds. The molecule has 0 spiro atoms. The van der Waals surface area contributed by atoms with E-state index in [1.807, 2.05) is 54.9 Å². The summed E-state index contributed by atoms with van der Waals surface area (Å²) in [7, 11) is -2.46. The van der Waals surface area contributed by atoms with Crippen LogP contribution in [0.1, 0.15) is 12.0 Å². The number of para-hydroxylation sites is 1. The molecule has 0 saturated heterocycles. The summed E-state index contributed by atoms with van der Waals surface area (Å²) in [6, 6.07) is 15.7. The second-order valence-corrected chi connectivity index (χ2v) is 11.1. The van der Waals surface area contributed by atoms with Gasteiger partial charge in [0, 0.05) is 23.4 Å². The molecule has 8 heteroatoms. The number of hydrogen-bond donors (Lipinski definition) is 3. The third kappa shape index (κ3) is 3.97. The standard InChI is InChI=1S/C23H23N6OP/c1-31(2,30)20-8-4-3-7-19(20)27-22-17-11-13-25-21(17)28-23(29-22)26-16-9-10-18-15(14-16)6-5-12-24-18/h3-4,7-14H,5-6H2,1-2H3,(H3,25,26,27,28,29). The Labute approximate surface area is 180 Å². The van der Waals surface area contributed by atoms with Crippen LogP contribution in [0, 0.1) is 0 Å². The highest BCUT2D eigenvalue weighted by Crippen LogP contribution is 2.38. The Balaban J connectivity index is 1.52. The minimum absolute atomic E-state index is 0.477. The Kier molecular flexibility index (Phi) is 4.83. The van der Waals surface area contributed by atoms with Crippen LogP contribution < -0.4 is 15.9 Å². The lowest BCUT2D eigenvalue weighted by Crippen LogP contribution is -2.11. The average molecular weight is 430 g/mol. The summed E-state index contributed by atoms with van der Waals surface area (Å²) in [5, 5.41) is 8.36. The second kappa shape index (κ2) is 7.67. The molecule has 7 nitrogen and oxygen atoms in total. The Morgan fingerprint density at radius 3 is 2.77 bits per heavy atom. The number of benzene rings is 2. The van der Waals surface area contributed by atoms with Gasteiger partial charge >= 0.3 is 0 Å². The number of nitrogens with zero attached hydrogens (tertiary/aromatic N) is 3. The van der Waals surface area contributed by atoms with E-state index in [-0.39, 0.29) is 0 Å². The lowest BCUT2D eigenvalue weighted by Gasteiger charge is -2.16. The first-order valence-electron chi connectivity index (χ1n) is 10.2. The number of nitrogens with one attached hydrogen (secondary N) is 3. The van der Waals surface area contributed by atoms with Crippen molar-refractivity contribution in [3.05, 3.63) is 60.3 Å². The van der Waals surface area contributed by atoms with E-state index in [1.54, 1.807) is 13.3 Å².